The van der Waals surface area contributed by atoms with Crippen molar-refractivity contribution in [3.05, 3.63) is 32.4 Å². The molecule has 2 heterocycles. The standard InChI is InChI=1S/C10H12N4O2.C2H6/c1-5-7-8(12-6(2)11-5)13(3)10(16)14(4)9(7)15;1-2/h1-4H3;1-2H3. The lowest BCUT2D eigenvalue weighted by Crippen LogP contribution is -2.37. The zero-order valence-electron chi connectivity index (χ0n) is 11.6. The third kappa shape index (κ3) is 2.05. The van der Waals surface area contributed by atoms with Crippen molar-refractivity contribution in [1.82, 2.24) is 19.1 Å². The van der Waals surface area contributed by atoms with Crippen LogP contribution in [0.4, 0.5) is 0 Å². The van der Waals surface area contributed by atoms with Gasteiger partial charge in [0.2, 0.25) is 0 Å². The third-order valence-corrected chi connectivity index (χ3v) is 2.59. The second-order valence-corrected chi connectivity index (χ2v) is 3.76. The molecule has 2 aromatic rings. The van der Waals surface area contributed by atoms with Gasteiger partial charge in [0.15, 0.2) is 5.65 Å². The van der Waals surface area contributed by atoms with Crippen LogP contribution in [0.1, 0.15) is 25.4 Å². The van der Waals surface area contributed by atoms with Gasteiger partial charge in [-0.25, -0.2) is 14.8 Å². The van der Waals surface area contributed by atoms with Gasteiger partial charge < -0.3 is 0 Å². The van der Waals surface area contributed by atoms with Crippen LogP contribution in [0, 0.1) is 13.8 Å². The summed E-state index contributed by atoms with van der Waals surface area (Å²) in [6.07, 6.45) is 0. The largest absolute Gasteiger partial charge is 0.332 e. The molecule has 0 bridgehead atoms. The normalized spacial score (nSPS) is 10.1. The van der Waals surface area contributed by atoms with Crippen molar-refractivity contribution in [2.24, 2.45) is 14.1 Å². The summed E-state index contributed by atoms with van der Waals surface area (Å²) >= 11 is 0. The first-order valence-corrected chi connectivity index (χ1v) is 5.84. The minimum atomic E-state index is -0.380. The lowest BCUT2D eigenvalue weighted by molar-refractivity contribution is 0.703. The fourth-order valence-corrected chi connectivity index (χ4v) is 1.76. The maximum atomic E-state index is 11.9. The minimum Gasteiger partial charge on any atom is -0.280 e. The van der Waals surface area contributed by atoms with Crippen LogP contribution in [0.5, 0.6) is 0 Å². The van der Waals surface area contributed by atoms with Crippen molar-refractivity contribution in [1.29, 1.82) is 0 Å². The Labute approximate surface area is 105 Å². The van der Waals surface area contributed by atoms with Crippen molar-refractivity contribution in [2.45, 2.75) is 27.7 Å². The van der Waals surface area contributed by atoms with E-state index in [1.165, 1.54) is 11.6 Å². The second-order valence-electron chi connectivity index (χ2n) is 3.76. The molecule has 2 aromatic heterocycles. The van der Waals surface area contributed by atoms with Crippen LogP contribution in [0.3, 0.4) is 0 Å². The highest BCUT2D eigenvalue weighted by Gasteiger charge is 2.12. The van der Waals surface area contributed by atoms with E-state index in [2.05, 4.69) is 9.97 Å². The van der Waals surface area contributed by atoms with Crippen molar-refractivity contribution in [3.8, 4) is 0 Å². The second kappa shape index (κ2) is 5.12. The lowest BCUT2D eigenvalue weighted by atomic mass is 10.3. The molecule has 0 saturated carbocycles. The number of aryl methyl sites for hydroxylation is 3. The van der Waals surface area contributed by atoms with Crippen molar-refractivity contribution in [2.75, 3.05) is 0 Å². The van der Waals surface area contributed by atoms with Crippen molar-refractivity contribution >= 4 is 11.0 Å². The molecule has 0 aromatic carbocycles. The maximum Gasteiger partial charge on any atom is 0.332 e. The number of hydrogen-bond donors (Lipinski definition) is 0. The molecular weight excluding hydrogens is 232 g/mol. The fourth-order valence-electron chi connectivity index (χ4n) is 1.76. The van der Waals surface area contributed by atoms with E-state index < -0.39 is 0 Å². The smallest absolute Gasteiger partial charge is 0.280 e. The van der Waals surface area contributed by atoms with Gasteiger partial charge in [0.25, 0.3) is 5.56 Å². The summed E-state index contributed by atoms with van der Waals surface area (Å²) in [5.41, 5.74) is 0.252. The predicted molar refractivity (Wildman–Crippen MR) is 70.8 cm³/mol. The first-order valence-electron chi connectivity index (χ1n) is 5.84. The summed E-state index contributed by atoms with van der Waals surface area (Å²) < 4.78 is 2.42. The molecule has 0 spiro atoms. The monoisotopic (exact) mass is 250 g/mol. The Morgan fingerprint density at radius 2 is 1.50 bits per heavy atom. The maximum absolute atomic E-state index is 11.9. The van der Waals surface area contributed by atoms with E-state index in [0.29, 0.717) is 22.6 Å². The van der Waals surface area contributed by atoms with E-state index in [-0.39, 0.29) is 11.2 Å². The molecule has 6 heteroatoms. The highest BCUT2D eigenvalue weighted by atomic mass is 16.2. The highest BCUT2D eigenvalue weighted by molar-refractivity contribution is 5.76. The molecule has 0 aliphatic carbocycles. The third-order valence-electron chi connectivity index (χ3n) is 2.59. The van der Waals surface area contributed by atoms with E-state index in [4.69, 9.17) is 0 Å². The molecule has 18 heavy (non-hydrogen) atoms. The van der Waals surface area contributed by atoms with Gasteiger partial charge in [-0.15, -0.1) is 0 Å². The fraction of sp³-hybridized carbons (Fsp3) is 0.500. The Morgan fingerprint density at radius 3 is 2.06 bits per heavy atom. The summed E-state index contributed by atoms with van der Waals surface area (Å²) in [6, 6.07) is 0. The average molecular weight is 250 g/mol. The summed E-state index contributed by atoms with van der Waals surface area (Å²) in [5.74, 6) is 0.549. The Bertz CT molecular complexity index is 698. The molecule has 0 fully saturated rings. The number of rotatable bonds is 0. The molecule has 6 nitrogen and oxygen atoms in total. The first-order chi connectivity index (χ1) is 8.43. The van der Waals surface area contributed by atoms with Gasteiger partial charge in [-0.2, -0.15) is 0 Å². The first kappa shape index (κ1) is 14.1. The SMILES string of the molecule is CC.Cc1nc(C)c2c(=O)n(C)c(=O)n(C)c2n1. The van der Waals surface area contributed by atoms with E-state index in [1.54, 1.807) is 20.9 Å². The minimum absolute atomic E-state index is 0.351. The Kier molecular flexibility index (Phi) is 4.00. The quantitative estimate of drug-likeness (QED) is 0.689. The van der Waals surface area contributed by atoms with E-state index in [9.17, 15) is 9.59 Å². The predicted octanol–water partition coefficient (Wildman–Crippen LogP) is 0.670. The van der Waals surface area contributed by atoms with Gasteiger partial charge in [0, 0.05) is 14.1 Å². The molecule has 0 unspecified atom stereocenters. The molecule has 0 N–H and O–H groups in total. The average Bonchev–Trinajstić information content (AvgIpc) is 2.35. The summed E-state index contributed by atoms with van der Waals surface area (Å²) in [7, 11) is 3.04. The molecule has 98 valence electrons. The summed E-state index contributed by atoms with van der Waals surface area (Å²) in [6.45, 7) is 7.47. The molecule has 0 aliphatic rings. The zero-order chi connectivity index (χ0) is 14.0. The van der Waals surface area contributed by atoms with Gasteiger partial charge >= 0.3 is 5.69 Å². The van der Waals surface area contributed by atoms with Crippen LogP contribution in [-0.4, -0.2) is 19.1 Å². The van der Waals surface area contributed by atoms with Crippen LogP contribution in [0.2, 0.25) is 0 Å². The Hall–Kier alpha value is -1.98. The molecular formula is C12H18N4O2. The molecule has 2 rings (SSSR count). The summed E-state index contributed by atoms with van der Waals surface area (Å²) in [4.78, 5) is 31.9. The van der Waals surface area contributed by atoms with Gasteiger partial charge in [0.1, 0.15) is 11.2 Å². The molecule has 0 atom stereocenters. The van der Waals surface area contributed by atoms with Crippen LogP contribution in [-0.2, 0) is 14.1 Å². The number of hydrogen-bond acceptors (Lipinski definition) is 4. The number of aromatic nitrogens is 4. The Morgan fingerprint density at radius 1 is 0.944 bits per heavy atom. The highest BCUT2D eigenvalue weighted by Crippen LogP contribution is 2.07. The zero-order valence-corrected chi connectivity index (χ0v) is 11.6. The van der Waals surface area contributed by atoms with Gasteiger partial charge in [0.05, 0.1) is 5.69 Å². The molecule has 0 amide bonds. The van der Waals surface area contributed by atoms with Crippen LogP contribution in [0.25, 0.3) is 11.0 Å². The van der Waals surface area contributed by atoms with Crippen molar-refractivity contribution < 1.29 is 0 Å². The van der Waals surface area contributed by atoms with Gasteiger partial charge in [-0.3, -0.25) is 13.9 Å². The van der Waals surface area contributed by atoms with E-state index in [1.807, 2.05) is 13.8 Å². The van der Waals surface area contributed by atoms with Gasteiger partial charge in [-0.1, -0.05) is 13.8 Å². The summed E-state index contributed by atoms with van der Waals surface area (Å²) in [5, 5.41) is 0.398. The topological polar surface area (TPSA) is 69.8 Å². The van der Waals surface area contributed by atoms with E-state index in [0.717, 1.165) is 4.57 Å². The van der Waals surface area contributed by atoms with E-state index >= 15 is 0 Å². The Balaban J connectivity index is 0.000000771. The van der Waals surface area contributed by atoms with Crippen LogP contribution in [0.15, 0.2) is 9.59 Å². The van der Waals surface area contributed by atoms with Crippen LogP contribution >= 0.6 is 0 Å². The number of nitrogens with zero attached hydrogens (tertiary/aromatic N) is 4. The number of fused-ring (bicyclic) bond motifs is 1. The molecule has 0 saturated heterocycles. The molecule has 0 radical (unpaired) electrons. The lowest BCUT2D eigenvalue weighted by Gasteiger charge is -2.08. The van der Waals surface area contributed by atoms with Crippen LogP contribution < -0.4 is 11.2 Å². The van der Waals surface area contributed by atoms with Gasteiger partial charge in [-0.05, 0) is 13.8 Å². The van der Waals surface area contributed by atoms with Crippen molar-refractivity contribution in [3.63, 3.8) is 0 Å². The molecule has 0 aliphatic heterocycles.